The maximum Gasteiger partial charge on any atom is 0.356 e. The molecule has 3 aromatic rings. The maximum absolute atomic E-state index is 13.0. The van der Waals surface area contributed by atoms with Crippen molar-refractivity contribution in [1.29, 1.82) is 0 Å². The Balaban J connectivity index is 1.65. The Morgan fingerprint density at radius 3 is 2.33 bits per heavy atom. The molecular weight excluding hydrogens is 402 g/mol. The lowest BCUT2D eigenvalue weighted by molar-refractivity contribution is 0.0674. The van der Waals surface area contributed by atoms with Gasteiger partial charge in [-0.05, 0) is 47.9 Å². The average molecular weight is 424 g/mol. The summed E-state index contributed by atoms with van der Waals surface area (Å²) in [5.41, 5.74) is 3.89. The molecule has 1 aliphatic rings. The van der Waals surface area contributed by atoms with Crippen LogP contribution in [0.5, 0.6) is 0 Å². The summed E-state index contributed by atoms with van der Waals surface area (Å²) < 4.78 is 1.65. The number of amides is 1. The number of aromatic carboxylic acids is 1. The number of carboxylic acid groups (broad SMARTS) is 1. The zero-order valence-electron chi connectivity index (χ0n) is 16.8. The molecule has 1 amide bonds. The first-order valence-electron chi connectivity index (χ1n) is 9.84. The Morgan fingerprint density at radius 2 is 1.73 bits per heavy atom. The molecule has 30 heavy (non-hydrogen) atoms. The third-order valence-electron chi connectivity index (χ3n) is 5.44. The molecule has 0 bridgehead atoms. The standard InChI is InChI=1S/C23H22ClN3O3/c1-14(2)15-3-5-16(6-4-15)22(28)26-12-11-20-19(13-26)21(23(29)30)25-27(20)18-9-7-17(24)8-10-18/h3-10,14H,11-13H2,1-2H3,(H,29,30). The second-order valence-corrected chi connectivity index (χ2v) is 8.16. The number of carbonyl (C=O) groups is 2. The Kier molecular flexibility index (Phi) is 5.35. The lowest BCUT2D eigenvalue weighted by Gasteiger charge is -2.28. The highest BCUT2D eigenvalue weighted by Gasteiger charge is 2.30. The molecule has 7 heteroatoms. The number of aromatic nitrogens is 2. The third-order valence-corrected chi connectivity index (χ3v) is 5.69. The van der Waals surface area contributed by atoms with Crippen LogP contribution in [-0.4, -0.2) is 38.2 Å². The second kappa shape index (κ2) is 7.95. The van der Waals surface area contributed by atoms with E-state index in [9.17, 15) is 14.7 Å². The Morgan fingerprint density at radius 1 is 1.07 bits per heavy atom. The number of nitrogens with zero attached hydrogens (tertiary/aromatic N) is 3. The van der Waals surface area contributed by atoms with Crippen molar-refractivity contribution in [3.05, 3.63) is 81.6 Å². The molecule has 6 nitrogen and oxygen atoms in total. The van der Waals surface area contributed by atoms with Gasteiger partial charge >= 0.3 is 5.97 Å². The largest absolute Gasteiger partial charge is 0.476 e. The summed E-state index contributed by atoms with van der Waals surface area (Å²) in [4.78, 5) is 26.5. The molecule has 0 unspecified atom stereocenters. The van der Waals surface area contributed by atoms with Gasteiger partial charge in [0.15, 0.2) is 5.69 Å². The molecule has 0 spiro atoms. The first-order chi connectivity index (χ1) is 14.3. The molecule has 4 rings (SSSR count). The number of hydrogen-bond acceptors (Lipinski definition) is 3. The van der Waals surface area contributed by atoms with E-state index in [2.05, 4.69) is 18.9 Å². The Labute approximate surface area is 179 Å². The summed E-state index contributed by atoms with van der Waals surface area (Å²) in [6, 6.07) is 14.7. The van der Waals surface area contributed by atoms with Crippen LogP contribution in [0, 0.1) is 0 Å². The SMILES string of the molecule is CC(C)c1ccc(C(=O)N2CCc3c(c(C(=O)O)nn3-c3ccc(Cl)cc3)C2)cc1. The zero-order valence-corrected chi connectivity index (χ0v) is 17.6. The lowest BCUT2D eigenvalue weighted by Crippen LogP contribution is -2.36. The van der Waals surface area contributed by atoms with Crippen LogP contribution in [0.15, 0.2) is 48.5 Å². The minimum atomic E-state index is -1.10. The highest BCUT2D eigenvalue weighted by Crippen LogP contribution is 2.27. The minimum absolute atomic E-state index is 0.0207. The fourth-order valence-corrected chi connectivity index (χ4v) is 3.88. The van der Waals surface area contributed by atoms with Crippen molar-refractivity contribution < 1.29 is 14.7 Å². The Hall–Kier alpha value is -3.12. The number of halogens is 1. The molecule has 0 aliphatic carbocycles. The molecule has 0 saturated heterocycles. The van der Waals surface area contributed by atoms with E-state index in [-0.39, 0.29) is 18.1 Å². The molecule has 1 aliphatic heterocycles. The zero-order chi connectivity index (χ0) is 21.4. The number of fused-ring (bicyclic) bond motifs is 1. The van der Waals surface area contributed by atoms with Crippen LogP contribution in [0.2, 0.25) is 5.02 Å². The van der Waals surface area contributed by atoms with Crippen molar-refractivity contribution in [2.45, 2.75) is 32.7 Å². The molecule has 0 radical (unpaired) electrons. The summed E-state index contributed by atoms with van der Waals surface area (Å²) in [6.07, 6.45) is 0.522. The van der Waals surface area contributed by atoms with Gasteiger partial charge in [-0.15, -0.1) is 0 Å². The van der Waals surface area contributed by atoms with E-state index in [1.54, 1.807) is 33.8 Å². The number of hydrogen-bond donors (Lipinski definition) is 1. The number of carboxylic acids is 1. The second-order valence-electron chi connectivity index (χ2n) is 7.72. The highest BCUT2D eigenvalue weighted by atomic mass is 35.5. The van der Waals surface area contributed by atoms with Gasteiger partial charge in [0, 0.05) is 29.1 Å². The first kappa shape index (κ1) is 20.2. The van der Waals surface area contributed by atoms with E-state index >= 15 is 0 Å². The predicted octanol–water partition coefficient (Wildman–Crippen LogP) is 4.55. The van der Waals surface area contributed by atoms with E-state index in [0.717, 1.165) is 11.4 Å². The van der Waals surface area contributed by atoms with E-state index in [1.807, 2.05) is 24.3 Å². The van der Waals surface area contributed by atoms with Crippen LogP contribution in [0.1, 0.15) is 57.4 Å². The summed E-state index contributed by atoms with van der Waals surface area (Å²) in [6.45, 7) is 4.93. The summed E-state index contributed by atoms with van der Waals surface area (Å²) in [7, 11) is 0. The first-order valence-corrected chi connectivity index (χ1v) is 10.2. The van der Waals surface area contributed by atoms with Crippen LogP contribution in [0.25, 0.3) is 5.69 Å². The van der Waals surface area contributed by atoms with Crippen molar-refractivity contribution in [2.24, 2.45) is 0 Å². The summed E-state index contributed by atoms with van der Waals surface area (Å²) in [5, 5.41) is 14.6. The average Bonchev–Trinajstić information content (AvgIpc) is 3.13. The topological polar surface area (TPSA) is 75.4 Å². The normalized spacial score (nSPS) is 13.4. The number of carbonyl (C=O) groups excluding carboxylic acids is 1. The van der Waals surface area contributed by atoms with Gasteiger partial charge in [-0.2, -0.15) is 5.10 Å². The van der Waals surface area contributed by atoms with E-state index in [1.165, 1.54) is 5.56 Å². The molecule has 1 N–H and O–H groups in total. The third kappa shape index (κ3) is 3.71. The van der Waals surface area contributed by atoms with Crippen LogP contribution >= 0.6 is 11.6 Å². The van der Waals surface area contributed by atoms with E-state index in [0.29, 0.717) is 35.0 Å². The molecule has 0 saturated carbocycles. The molecular formula is C23H22ClN3O3. The smallest absolute Gasteiger partial charge is 0.356 e. The molecule has 2 heterocycles. The maximum atomic E-state index is 13.0. The minimum Gasteiger partial charge on any atom is -0.476 e. The van der Waals surface area contributed by atoms with Gasteiger partial charge in [0.1, 0.15) is 0 Å². The number of benzene rings is 2. The van der Waals surface area contributed by atoms with Gasteiger partial charge in [0.05, 0.1) is 17.9 Å². The van der Waals surface area contributed by atoms with Crippen LogP contribution < -0.4 is 0 Å². The van der Waals surface area contributed by atoms with Crippen LogP contribution in [-0.2, 0) is 13.0 Å². The highest BCUT2D eigenvalue weighted by molar-refractivity contribution is 6.30. The lowest BCUT2D eigenvalue weighted by atomic mass is 10.0. The number of rotatable bonds is 4. The monoisotopic (exact) mass is 423 g/mol. The fraction of sp³-hybridized carbons (Fsp3) is 0.261. The Bertz CT molecular complexity index is 1100. The van der Waals surface area contributed by atoms with Gasteiger partial charge < -0.3 is 10.0 Å². The van der Waals surface area contributed by atoms with Gasteiger partial charge in [0.25, 0.3) is 5.91 Å². The van der Waals surface area contributed by atoms with Gasteiger partial charge in [-0.25, -0.2) is 9.48 Å². The molecule has 2 aromatic carbocycles. The molecule has 154 valence electrons. The van der Waals surface area contributed by atoms with Crippen molar-refractivity contribution in [3.63, 3.8) is 0 Å². The van der Waals surface area contributed by atoms with Crippen LogP contribution in [0.3, 0.4) is 0 Å². The quantitative estimate of drug-likeness (QED) is 0.668. The summed E-state index contributed by atoms with van der Waals surface area (Å²) in [5.74, 6) is -0.815. The van der Waals surface area contributed by atoms with Crippen molar-refractivity contribution in [3.8, 4) is 5.69 Å². The van der Waals surface area contributed by atoms with Gasteiger partial charge in [-0.3, -0.25) is 4.79 Å². The van der Waals surface area contributed by atoms with Gasteiger partial charge in [0.2, 0.25) is 0 Å². The molecule has 0 fully saturated rings. The van der Waals surface area contributed by atoms with Gasteiger partial charge in [-0.1, -0.05) is 37.6 Å². The van der Waals surface area contributed by atoms with E-state index in [4.69, 9.17) is 11.6 Å². The predicted molar refractivity (Wildman–Crippen MR) is 115 cm³/mol. The molecule has 1 aromatic heterocycles. The van der Waals surface area contributed by atoms with E-state index < -0.39 is 5.97 Å². The van der Waals surface area contributed by atoms with Crippen molar-refractivity contribution in [1.82, 2.24) is 14.7 Å². The molecule has 0 atom stereocenters. The fourth-order valence-electron chi connectivity index (χ4n) is 3.75. The van der Waals surface area contributed by atoms with Crippen molar-refractivity contribution >= 4 is 23.5 Å². The van der Waals surface area contributed by atoms with Crippen molar-refractivity contribution in [2.75, 3.05) is 6.54 Å². The summed E-state index contributed by atoms with van der Waals surface area (Å²) >= 11 is 5.97. The van der Waals surface area contributed by atoms with Crippen LogP contribution in [0.4, 0.5) is 0 Å².